The van der Waals surface area contributed by atoms with E-state index in [0.717, 1.165) is 52.9 Å². The summed E-state index contributed by atoms with van der Waals surface area (Å²) in [6.45, 7) is 3.44. The maximum absolute atomic E-state index is 14.2. The van der Waals surface area contributed by atoms with Gasteiger partial charge in [0.05, 0.1) is 11.9 Å². The van der Waals surface area contributed by atoms with E-state index in [4.69, 9.17) is 11.6 Å². The van der Waals surface area contributed by atoms with Crippen LogP contribution in [0.3, 0.4) is 0 Å². The minimum atomic E-state index is -3.82. The van der Waals surface area contributed by atoms with E-state index in [0.29, 0.717) is 16.3 Å². The van der Waals surface area contributed by atoms with Crippen LogP contribution < -0.4 is 9.62 Å². The van der Waals surface area contributed by atoms with Crippen LogP contribution in [0.1, 0.15) is 47.9 Å². The fourth-order valence-corrected chi connectivity index (χ4v) is 6.26. The van der Waals surface area contributed by atoms with Crippen LogP contribution >= 0.6 is 11.6 Å². The van der Waals surface area contributed by atoms with Gasteiger partial charge in [0.15, 0.2) is 0 Å². The van der Waals surface area contributed by atoms with Gasteiger partial charge >= 0.3 is 0 Å². The van der Waals surface area contributed by atoms with E-state index in [2.05, 4.69) is 5.32 Å². The Morgan fingerprint density at radius 3 is 2.24 bits per heavy atom. The molecule has 1 fully saturated rings. The average molecular weight is 596 g/mol. The Hall–Kier alpha value is -3.36. The second-order valence-corrected chi connectivity index (χ2v) is 13.2. The van der Waals surface area contributed by atoms with Crippen molar-refractivity contribution >= 4 is 39.1 Å². The van der Waals surface area contributed by atoms with Crippen molar-refractivity contribution in [3.8, 4) is 0 Å². The molecule has 1 N–H and O–H groups in total. The van der Waals surface area contributed by atoms with E-state index >= 15 is 0 Å². The number of carbonyl (C=O) groups excluding carboxylic acids is 2. The van der Waals surface area contributed by atoms with E-state index in [-0.39, 0.29) is 24.9 Å². The summed E-state index contributed by atoms with van der Waals surface area (Å²) in [5.41, 5.74) is 3.89. The highest BCUT2D eigenvalue weighted by atomic mass is 35.5. The summed E-state index contributed by atoms with van der Waals surface area (Å²) in [5, 5.41) is 3.63. The van der Waals surface area contributed by atoms with Crippen LogP contribution in [-0.4, -0.2) is 50.0 Å². The maximum atomic E-state index is 14.2. The zero-order valence-corrected chi connectivity index (χ0v) is 25.4. The second-order valence-electron chi connectivity index (χ2n) is 10.8. The largest absolute Gasteiger partial charge is 0.352 e. The molecule has 0 spiro atoms. The van der Waals surface area contributed by atoms with Crippen molar-refractivity contribution in [2.45, 2.75) is 64.6 Å². The van der Waals surface area contributed by atoms with Gasteiger partial charge in [-0.2, -0.15) is 0 Å². The molecule has 2 amide bonds. The molecule has 7 nitrogen and oxygen atoms in total. The molecule has 0 aliphatic heterocycles. The Kier molecular flexibility index (Phi) is 10.1. The van der Waals surface area contributed by atoms with Crippen LogP contribution in [0.4, 0.5) is 5.69 Å². The van der Waals surface area contributed by atoms with Gasteiger partial charge in [-0.3, -0.25) is 13.9 Å². The van der Waals surface area contributed by atoms with Crippen LogP contribution in [0.25, 0.3) is 0 Å². The minimum absolute atomic E-state index is 0.0542. The number of rotatable bonds is 11. The predicted octanol–water partition coefficient (Wildman–Crippen LogP) is 5.42. The molecule has 3 aromatic rings. The Labute approximate surface area is 248 Å². The molecule has 218 valence electrons. The summed E-state index contributed by atoms with van der Waals surface area (Å²) >= 11 is 6.52. The number of nitrogens with one attached hydrogen (secondary N) is 1. The molecular weight excluding hydrogens is 558 g/mol. The minimum Gasteiger partial charge on any atom is -0.352 e. The SMILES string of the molecule is Cc1ccc(N(CC(=O)N(Cc2ccccc2Cl)C(Cc2ccccc2)C(=O)NC2CCCC2)S(C)(=O)=O)cc1C. The molecule has 4 rings (SSSR count). The van der Waals surface area contributed by atoms with Crippen LogP contribution in [0.5, 0.6) is 0 Å². The Bertz CT molecular complexity index is 1470. The van der Waals surface area contributed by atoms with E-state index in [9.17, 15) is 18.0 Å². The molecule has 0 heterocycles. The molecule has 1 aliphatic rings. The molecule has 1 aliphatic carbocycles. The Morgan fingerprint density at radius 1 is 0.951 bits per heavy atom. The number of aryl methyl sites for hydroxylation is 2. The number of nitrogens with zero attached hydrogens (tertiary/aromatic N) is 2. The molecule has 0 radical (unpaired) electrons. The van der Waals surface area contributed by atoms with Crippen LogP contribution in [-0.2, 0) is 32.6 Å². The summed E-state index contributed by atoms with van der Waals surface area (Å²) in [7, 11) is -3.82. The molecule has 1 saturated carbocycles. The number of amides is 2. The molecule has 0 aromatic heterocycles. The Morgan fingerprint density at radius 2 is 1.61 bits per heavy atom. The van der Waals surface area contributed by atoms with Crippen molar-refractivity contribution in [3.63, 3.8) is 0 Å². The van der Waals surface area contributed by atoms with E-state index in [1.807, 2.05) is 62.4 Å². The normalized spacial score (nSPS) is 14.4. The number of sulfonamides is 1. The Balaban J connectivity index is 1.74. The summed E-state index contributed by atoms with van der Waals surface area (Å²) in [6.07, 6.45) is 5.26. The summed E-state index contributed by atoms with van der Waals surface area (Å²) in [5.74, 6) is -0.741. The highest BCUT2D eigenvalue weighted by Crippen LogP contribution is 2.25. The maximum Gasteiger partial charge on any atom is 0.244 e. The molecule has 3 aromatic carbocycles. The number of anilines is 1. The standard InChI is InChI=1S/C32H38ClN3O4S/c1-23-17-18-28(19-24(23)2)36(41(3,39)40)22-31(37)35(21-26-13-7-10-16-29(26)33)30(20-25-11-5-4-6-12-25)32(38)34-27-14-8-9-15-27/h4-7,10-13,16-19,27,30H,8-9,14-15,20-22H2,1-3H3,(H,34,38). The van der Waals surface area contributed by atoms with Crippen molar-refractivity contribution in [3.05, 3.63) is 100 Å². The van der Waals surface area contributed by atoms with Gasteiger partial charge in [-0.15, -0.1) is 0 Å². The van der Waals surface area contributed by atoms with Crippen molar-refractivity contribution in [2.24, 2.45) is 0 Å². The molecule has 9 heteroatoms. The molecular formula is C32H38ClN3O4S. The van der Waals surface area contributed by atoms with Crippen LogP contribution in [0, 0.1) is 13.8 Å². The summed E-state index contributed by atoms with van der Waals surface area (Å²) in [4.78, 5) is 29.6. The van der Waals surface area contributed by atoms with E-state index < -0.39 is 28.5 Å². The van der Waals surface area contributed by atoms with Crippen molar-refractivity contribution in [2.75, 3.05) is 17.1 Å². The van der Waals surface area contributed by atoms with Gasteiger partial charge in [0.25, 0.3) is 0 Å². The number of hydrogen-bond donors (Lipinski definition) is 1. The summed E-state index contributed by atoms with van der Waals surface area (Å²) in [6, 6.07) is 21.2. The lowest BCUT2D eigenvalue weighted by molar-refractivity contribution is -0.140. The first-order valence-electron chi connectivity index (χ1n) is 13.9. The third-order valence-electron chi connectivity index (χ3n) is 7.73. The zero-order valence-electron chi connectivity index (χ0n) is 23.8. The van der Waals surface area contributed by atoms with Gasteiger partial charge in [-0.25, -0.2) is 8.42 Å². The number of carbonyl (C=O) groups is 2. The topological polar surface area (TPSA) is 86.8 Å². The van der Waals surface area contributed by atoms with Gasteiger partial charge in [0, 0.05) is 24.0 Å². The van der Waals surface area contributed by atoms with Crippen molar-refractivity contribution < 1.29 is 18.0 Å². The fourth-order valence-electron chi connectivity index (χ4n) is 5.23. The molecule has 1 atom stereocenters. The lowest BCUT2D eigenvalue weighted by Crippen LogP contribution is -2.54. The smallest absolute Gasteiger partial charge is 0.244 e. The summed E-state index contributed by atoms with van der Waals surface area (Å²) < 4.78 is 27.1. The average Bonchev–Trinajstić information content (AvgIpc) is 3.44. The number of benzene rings is 3. The lowest BCUT2D eigenvalue weighted by Gasteiger charge is -2.34. The third-order valence-corrected chi connectivity index (χ3v) is 9.24. The van der Waals surface area contributed by atoms with Gasteiger partial charge in [0.2, 0.25) is 21.8 Å². The van der Waals surface area contributed by atoms with Crippen LogP contribution in [0.15, 0.2) is 72.8 Å². The zero-order chi connectivity index (χ0) is 29.6. The monoisotopic (exact) mass is 595 g/mol. The highest BCUT2D eigenvalue weighted by molar-refractivity contribution is 7.92. The van der Waals surface area contributed by atoms with Gasteiger partial charge in [-0.05, 0) is 67.1 Å². The van der Waals surface area contributed by atoms with Crippen molar-refractivity contribution in [1.29, 1.82) is 0 Å². The second kappa shape index (κ2) is 13.5. The van der Waals surface area contributed by atoms with Gasteiger partial charge in [-0.1, -0.05) is 79.0 Å². The number of hydrogen-bond acceptors (Lipinski definition) is 4. The fraction of sp³-hybridized carbons (Fsp3) is 0.375. The number of halogens is 1. The lowest BCUT2D eigenvalue weighted by atomic mass is 10.0. The first kappa shape index (κ1) is 30.6. The molecule has 41 heavy (non-hydrogen) atoms. The highest BCUT2D eigenvalue weighted by Gasteiger charge is 2.34. The van der Waals surface area contributed by atoms with Crippen molar-refractivity contribution in [1.82, 2.24) is 10.2 Å². The molecule has 0 saturated heterocycles. The molecule has 1 unspecified atom stereocenters. The van der Waals surface area contributed by atoms with E-state index in [1.54, 1.807) is 24.3 Å². The predicted molar refractivity (Wildman–Crippen MR) is 164 cm³/mol. The van der Waals surface area contributed by atoms with Gasteiger partial charge in [0.1, 0.15) is 12.6 Å². The van der Waals surface area contributed by atoms with E-state index in [1.165, 1.54) is 4.90 Å². The van der Waals surface area contributed by atoms with Gasteiger partial charge < -0.3 is 10.2 Å². The first-order chi connectivity index (χ1) is 19.5. The first-order valence-corrected chi connectivity index (χ1v) is 16.2. The quantitative estimate of drug-likeness (QED) is 0.321. The van der Waals surface area contributed by atoms with Crippen LogP contribution in [0.2, 0.25) is 5.02 Å². The third kappa shape index (κ3) is 8.11. The molecule has 0 bridgehead atoms.